The molecule has 0 bridgehead atoms. The third-order valence-corrected chi connectivity index (χ3v) is 4.47. The smallest absolute Gasteiger partial charge is 0.322 e. The summed E-state index contributed by atoms with van der Waals surface area (Å²) in [6.07, 6.45) is 3.19. The van der Waals surface area contributed by atoms with Gasteiger partial charge in [-0.2, -0.15) is 0 Å². The standard InChI is InChI=1S/C21H20N2O3/c1-14-19(18(25)13-10-15-8-11-17(24)12-9-15)20(22-21(26)23(14)2)16-6-4-3-5-7-16/h3-13,20,24H,1-2H3,(H,22,26)/b13-10+. The van der Waals surface area contributed by atoms with Crippen LogP contribution in [0.4, 0.5) is 4.79 Å². The van der Waals surface area contributed by atoms with Gasteiger partial charge in [0.2, 0.25) is 0 Å². The van der Waals surface area contributed by atoms with Crippen molar-refractivity contribution in [2.75, 3.05) is 7.05 Å². The van der Waals surface area contributed by atoms with Crippen LogP contribution < -0.4 is 5.32 Å². The van der Waals surface area contributed by atoms with Crippen LogP contribution in [0.5, 0.6) is 5.75 Å². The van der Waals surface area contributed by atoms with Gasteiger partial charge < -0.3 is 15.3 Å². The van der Waals surface area contributed by atoms with Crippen molar-refractivity contribution in [1.82, 2.24) is 10.2 Å². The average Bonchev–Trinajstić information content (AvgIpc) is 2.66. The number of phenolic OH excluding ortho intramolecular Hbond substituents is 1. The number of hydrogen-bond donors (Lipinski definition) is 2. The number of amides is 2. The van der Waals surface area contributed by atoms with Gasteiger partial charge in [0, 0.05) is 18.3 Å². The number of phenols is 1. The minimum Gasteiger partial charge on any atom is -0.508 e. The summed E-state index contributed by atoms with van der Waals surface area (Å²) in [4.78, 5) is 26.6. The summed E-state index contributed by atoms with van der Waals surface area (Å²) in [6, 6.07) is 15.3. The largest absolute Gasteiger partial charge is 0.508 e. The minimum atomic E-state index is -0.489. The summed E-state index contributed by atoms with van der Waals surface area (Å²) in [6.45, 7) is 1.77. The molecule has 0 radical (unpaired) electrons. The highest BCUT2D eigenvalue weighted by Crippen LogP contribution is 2.30. The Balaban J connectivity index is 1.96. The Kier molecular flexibility index (Phi) is 4.89. The number of carbonyl (C=O) groups excluding carboxylic acids is 2. The summed E-state index contributed by atoms with van der Waals surface area (Å²) < 4.78 is 0. The van der Waals surface area contributed by atoms with Crippen molar-refractivity contribution >= 4 is 17.9 Å². The predicted octanol–water partition coefficient (Wildman–Crippen LogP) is 3.64. The molecule has 1 heterocycles. The molecule has 1 unspecified atom stereocenters. The number of rotatable bonds is 4. The van der Waals surface area contributed by atoms with Gasteiger partial charge in [-0.25, -0.2) is 4.79 Å². The molecule has 5 nitrogen and oxygen atoms in total. The Labute approximate surface area is 152 Å². The van der Waals surface area contributed by atoms with Gasteiger partial charge in [0.15, 0.2) is 5.78 Å². The summed E-state index contributed by atoms with van der Waals surface area (Å²) in [5.74, 6) is 0.00377. The Morgan fingerprint density at radius 3 is 2.42 bits per heavy atom. The van der Waals surface area contributed by atoms with Crippen molar-refractivity contribution in [2.24, 2.45) is 0 Å². The second kappa shape index (κ2) is 7.27. The first kappa shape index (κ1) is 17.5. The van der Waals surface area contributed by atoms with Crippen LogP contribution in [-0.2, 0) is 4.79 Å². The molecule has 1 aliphatic heterocycles. The Morgan fingerprint density at radius 1 is 1.12 bits per heavy atom. The highest BCUT2D eigenvalue weighted by Gasteiger charge is 2.32. The van der Waals surface area contributed by atoms with Crippen molar-refractivity contribution < 1.29 is 14.7 Å². The van der Waals surface area contributed by atoms with E-state index in [0.717, 1.165) is 11.1 Å². The van der Waals surface area contributed by atoms with E-state index in [1.54, 1.807) is 44.3 Å². The molecule has 0 saturated carbocycles. The van der Waals surface area contributed by atoms with E-state index in [4.69, 9.17) is 0 Å². The zero-order valence-corrected chi connectivity index (χ0v) is 14.6. The molecule has 0 aromatic heterocycles. The van der Waals surface area contributed by atoms with Gasteiger partial charge in [-0.05, 0) is 36.3 Å². The first-order valence-corrected chi connectivity index (χ1v) is 8.29. The molecule has 2 N–H and O–H groups in total. The number of nitrogens with one attached hydrogen (secondary N) is 1. The van der Waals surface area contributed by atoms with Gasteiger partial charge in [-0.3, -0.25) is 4.79 Å². The molecule has 1 aliphatic rings. The molecule has 2 aromatic carbocycles. The lowest BCUT2D eigenvalue weighted by Gasteiger charge is -2.33. The number of ketones is 1. The monoisotopic (exact) mass is 348 g/mol. The second-order valence-corrected chi connectivity index (χ2v) is 6.14. The number of benzene rings is 2. The van der Waals surface area contributed by atoms with Gasteiger partial charge in [-0.15, -0.1) is 0 Å². The van der Waals surface area contributed by atoms with Crippen molar-refractivity contribution in [3.8, 4) is 5.75 Å². The highest BCUT2D eigenvalue weighted by molar-refractivity contribution is 6.09. The zero-order chi connectivity index (χ0) is 18.7. The van der Waals surface area contributed by atoms with E-state index >= 15 is 0 Å². The fourth-order valence-corrected chi connectivity index (χ4v) is 2.90. The van der Waals surface area contributed by atoms with E-state index in [1.807, 2.05) is 30.3 Å². The molecule has 2 aromatic rings. The molecule has 5 heteroatoms. The molecule has 2 amide bonds. The Morgan fingerprint density at radius 2 is 1.77 bits per heavy atom. The van der Waals surface area contributed by atoms with Crippen LogP contribution in [0.15, 0.2) is 71.9 Å². The summed E-state index contributed by atoms with van der Waals surface area (Å²) in [5, 5.41) is 12.2. The maximum absolute atomic E-state index is 12.9. The SMILES string of the molecule is CC1=C(C(=O)/C=C/c2ccc(O)cc2)C(c2ccccc2)NC(=O)N1C. The molecule has 1 atom stereocenters. The molecule has 0 spiro atoms. The lowest BCUT2D eigenvalue weighted by atomic mass is 9.91. The molecule has 0 saturated heterocycles. The number of allylic oxidation sites excluding steroid dienone is 2. The highest BCUT2D eigenvalue weighted by atomic mass is 16.3. The minimum absolute atomic E-state index is 0.170. The van der Waals surface area contributed by atoms with Gasteiger partial charge >= 0.3 is 6.03 Å². The van der Waals surface area contributed by atoms with E-state index in [1.165, 1.54) is 11.0 Å². The van der Waals surface area contributed by atoms with Crippen LogP contribution in [0.25, 0.3) is 6.08 Å². The van der Waals surface area contributed by atoms with Crippen LogP contribution >= 0.6 is 0 Å². The van der Waals surface area contributed by atoms with Gasteiger partial charge in [-0.1, -0.05) is 48.5 Å². The van der Waals surface area contributed by atoms with E-state index in [-0.39, 0.29) is 17.6 Å². The third kappa shape index (κ3) is 3.52. The van der Waals surface area contributed by atoms with E-state index in [2.05, 4.69) is 5.32 Å². The van der Waals surface area contributed by atoms with Crippen LogP contribution in [0, 0.1) is 0 Å². The molecule has 0 fully saturated rings. The van der Waals surface area contributed by atoms with Gasteiger partial charge in [0.25, 0.3) is 0 Å². The van der Waals surface area contributed by atoms with Crippen LogP contribution in [0.3, 0.4) is 0 Å². The molecule has 0 aliphatic carbocycles. The third-order valence-electron chi connectivity index (χ3n) is 4.47. The number of nitrogens with zero attached hydrogens (tertiary/aromatic N) is 1. The zero-order valence-electron chi connectivity index (χ0n) is 14.6. The topological polar surface area (TPSA) is 69.6 Å². The number of aromatic hydroxyl groups is 1. The number of hydrogen-bond acceptors (Lipinski definition) is 3. The summed E-state index contributed by atoms with van der Waals surface area (Å²) in [5.41, 5.74) is 2.82. The average molecular weight is 348 g/mol. The van der Waals surface area contributed by atoms with Crippen molar-refractivity contribution in [2.45, 2.75) is 13.0 Å². The maximum Gasteiger partial charge on any atom is 0.322 e. The van der Waals surface area contributed by atoms with E-state index in [0.29, 0.717) is 11.3 Å². The van der Waals surface area contributed by atoms with Crippen molar-refractivity contribution in [3.63, 3.8) is 0 Å². The molecular weight excluding hydrogens is 328 g/mol. The predicted molar refractivity (Wildman–Crippen MR) is 100 cm³/mol. The first-order valence-electron chi connectivity index (χ1n) is 8.29. The van der Waals surface area contributed by atoms with Gasteiger partial charge in [0.05, 0.1) is 6.04 Å². The second-order valence-electron chi connectivity index (χ2n) is 6.14. The summed E-state index contributed by atoms with van der Waals surface area (Å²) >= 11 is 0. The normalized spacial score (nSPS) is 17.5. The van der Waals surface area contributed by atoms with Crippen molar-refractivity contribution in [1.29, 1.82) is 0 Å². The van der Waals surface area contributed by atoms with Gasteiger partial charge in [0.1, 0.15) is 5.75 Å². The fraction of sp³-hybridized carbons (Fsp3) is 0.143. The molecule has 3 rings (SSSR count). The quantitative estimate of drug-likeness (QED) is 0.829. The molecule has 26 heavy (non-hydrogen) atoms. The van der Waals surface area contributed by atoms with Crippen LogP contribution in [0.2, 0.25) is 0 Å². The maximum atomic E-state index is 12.9. The Hall–Kier alpha value is -3.34. The fourth-order valence-electron chi connectivity index (χ4n) is 2.90. The van der Waals surface area contributed by atoms with E-state index in [9.17, 15) is 14.7 Å². The first-order chi connectivity index (χ1) is 12.5. The molecule has 132 valence electrons. The Bertz CT molecular complexity index is 883. The summed E-state index contributed by atoms with van der Waals surface area (Å²) in [7, 11) is 1.64. The van der Waals surface area contributed by atoms with Crippen molar-refractivity contribution in [3.05, 3.63) is 83.1 Å². The lowest BCUT2D eigenvalue weighted by molar-refractivity contribution is -0.111. The lowest BCUT2D eigenvalue weighted by Crippen LogP contribution is -2.45. The number of urea groups is 1. The van der Waals surface area contributed by atoms with E-state index < -0.39 is 6.04 Å². The molecular formula is C21H20N2O3. The van der Waals surface area contributed by atoms with Crippen LogP contribution in [-0.4, -0.2) is 28.9 Å². The van der Waals surface area contributed by atoms with Crippen LogP contribution in [0.1, 0.15) is 24.1 Å². The number of carbonyl (C=O) groups is 2.